The number of piperazine rings is 1. The Bertz CT molecular complexity index is 948. The fourth-order valence-electron chi connectivity index (χ4n) is 3.32. The second-order valence-electron chi connectivity index (χ2n) is 7.28. The molecule has 0 bridgehead atoms. The largest absolute Gasteiger partial charge is 0.573 e. The van der Waals surface area contributed by atoms with Gasteiger partial charge >= 0.3 is 12.5 Å². The summed E-state index contributed by atoms with van der Waals surface area (Å²) in [6.07, 6.45) is -3.81. The van der Waals surface area contributed by atoms with Crippen LogP contribution in [0.5, 0.6) is 5.75 Å². The number of carbonyl (C=O) groups excluding carboxylic acids is 2. The Morgan fingerprint density at radius 3 is 2.48 bits per heavy atom. The number of nitrogens with two attached hydrogens (primary N) is 1. The average Bonchev–Trinajstić information content (AvgIpc) is 2.77. The van der Waals surface area contributed by atoms with E-state index >= 15 is 0 Å². The van der Waals surface area contributed by atoms with Crippen molar-refractivity contribution in [2.75, 3.05) is 50.8 Å². The molecule has 2 aromatic rings. The van der Waals surface area contributed by atoms with Crippen molar-refractivity contribution in [3.05, 3.63) is 42.6 Å². The zero-order valence-electron chi connectivity index (χ0n) is 17.7. The first-order valence-corrected chi connectivity index (χ1v) is 10.2. The van der Waals surface area contributed by atoms with E-state index in [0.29, 0.717) is 24.2 Å². The average molecular weight is 467 g/mol. The molecule has 1 aromatic carbocycles. The van der Waals surface area contributed by atoms with Crippen LogP contribution in [0, 0.1) is 0 Å². The molecule has 0 atom stereocenters. The number of aromatic nitrogens is 1. The lowest BCUT2D eigenvalue weighted by Gasteiger charge is -2.35. The van der Waals surface area contributed by atoms with Crippen LogP contribution in [-0.4, -0.2) is 74.1 Å². The molecule has 1 aliphatic heterocycles. The number of halogens is 3. The minimum absolute atomic E-state index is 0.282. The summed E-state index contributed by atoms with van der Waals surface area (Å²) in [4.78, 5) is 30.7. The molecule has 178 valence electrons. The lowest BCUT2D eigenvalue weighted by atomic mass is 10.1. The van der Waals surface area contributed by atoms with E-state index in [1.54, 1.807) is 12.3 Å². The second-order valence-corrected chi connectivity index (χ2v) is 7.28. The maximum absolute atomic E-state index is 12.4. The van der Waals surface area contributed by atoms with Gasteiger partial charge < -0.3 is 25.4 Å². The number of anilines is 1. The van der Waals surface area contributed by atoms with Crippen molar-refractivity contribution < 1.29 is 32.2 Å². The number of alkyl carbamates (subject to hydrolysis) is 1. The number of benzene rings is 1. The topological polar surface area (TPSA) is 110 Å². The van der Waals surface area contributed by atoms with E-state index in [4.69, 9.17) is 5.73 Å². The summed E-state index contributed by atoms with van der Waals surface area (Å²) in [6.45, 7) is 3.53. The highest BCUT2D eigenvalue weighted by atomic mass is 19.4. The molecule has 0 saturated carbocycles. The highest BCUT2D eigenvalue weighted by Crippen LogP contribution is 2.28. The number of ether oxygens (including phenoxy) is 2. The molecular formula is C21H24F3N5O4. The maximum Gasteiger partial charge on any atom is 0.573 e. The second kappa shape index (κ2) is 10.9. The van der Waals surface area contributed by atoms with Crippen LogP contribution in [-0.2, 0) is 9.53 Å². The minimum atomic E-state index is -4.74. The van der Waals surface area contributed by atoms with Gasteiger partial charge in [-0.05, 0) is 29.8 Å². The molecule has 9 nitrogen and oxygen atoms in total. The van der Waals surface area contributed by atoms with Crippen molar-refractivity contribution in [1.29, 1.82) is 0 Å². The number of pyridine rings is 1. The Labute approximate surface area is 188 Å². The monoisotopic (exact) mass is 467 g/mol. The van der Waals surface area contributed by atoms with Gasteiger partial charge in [0.25, 0.3) is 5.91 Å². The normalized spacial score (nSPS) is 14.6. The van der Waals surface area contributed by atoms with Gasteiger partial charge in [0.2, 0.25) is 0 Å². The van der Waals surface area contributed by atoms with Crippen LogP contribution in [0.4, 0.5) is 23.8 Å². The van der Waals surface area contributed by atoms with Crippen LogP contribution < -0.4 is 20.7 Å². The molecule has 1 aliphatic rings. The number of alkyl halides is 3. The number of rotatable bonds is 8. The summed E-state index contributed by atoms with van der Waals surface area (Å²) >= 11 is 0. The number of hydrogen-bond acceptors (Lipinski definition) is 7. The Balaban J connectivity index is 1.46. The van der Waals surface area contributed by atoms with Gasteiger partial charge in [-0.2, -0.15) is 0 Å². The van der Waals surface area contributed by atoms with Gasteiger partial charge in [-0.15, -0.1) is 13.2 Å². The molecule has 0 aliphatic carbocycles. The van der Waals surface area contributed by atoms with Crippen LogP contribution in [0.25, 0.3) is 11.1 Å². The number of nitrogens with one attached hydrogen (secondary N) is 1. The van der Waals surface area contributed by atoms with Crippen LogP contribution >= 0.6 is 0 Å². The molecule has 12 heteroatoms. The Hall–Kier alpha value is -3.54. The Kier molecular flexibility index (Phi) is 7.93. The first-order valence-electron chi connectivity index (χ1n) is 10.2. The van der Waals surface area contributed by atoms with E-state index in [-0.39, 0.29) is 5.75 Å². The predicted octanol–water partition coefficient (Wildman–Crippen LogP) is 1.98. The highest BCUT2D eigenvalue weighted by molar-refractivity contribution is 5.78. The summed E-state index contributed by atoms with van der Waals surface area (Å²) in [5.74, 6) is -0.225. The first kappa shape index (κ1) is 24.1. The molecule has 0 spiro atoms. The van der Waals surface area contributed by atoms with Crippen molar-refractivity contribution in [3.63, 3.8) is 0 Å². The molecule has 1 fully saturated rings. The van der Waals surface area contributed by atoms with Crippen molar-refractivity contribution >= 4 is 17.8 Å². The van der Waals surface area contributed by atoms with E-state index in [1.807, 2.05) is 12.1 Å². The predicted molar refractivity (Wildman–Crippen MR) is 114 cm³/mol. The number of nitrogens with zero attached hydrogens (tertiary/aromatic N) is 3. The van der Waals surface area contributed by atoms with E-state index in [0.717, 1.165) is 32.0 Å². The van der Waals surface area contributed by atoms with Crippen LogP contribution in [0.15, 0.2) is 42.6 Å². The molecule has 33 heavy (non-hydrogen) atoms. The van der Waals surface area contributed by atoms with Gasteiger partial charge in [0.1, 0.15) is 11.6 Å². The summed E-state index contributed by atoms with van der Waals surface area (Å²) in [6, 6.07) is 9.40. The summed E-state index contributed by atoms with van der Waals surface area (Å²) in [5.41, 5.74) is 6.16. The molecule has 0 radical (unpaired) electrons. The third-order valence-electron chi connectivity index (χ3n) is 4.89. The fourth-order valence-corrected chi connectivity index (χ4v) is 3.32. The maximum atomic E-state index is 12.4. The standard InChI is InChI=1S/C21H24F3N5O4/c22-21(23,24)33-17-3-1-2-15(12-17)16-4-5-19(27-13-16)29-10-8-28(9-11-29)7-6-26-20(31)32-14-18(25)30/h1-5,12-13H,6-11,14H2,(H2,25,30)(H,26,31). The van der Waals surface area contributed by atoms with Crippen molar-refractivity contribution in [2.45, 2.75) is 6.36 Å². The van der Waals surface area contributed by atoms with Gasteiger partial charge in [-0.1, -0.05) is 12.1 Å². The van der Waals surface area contributed by atoms with Gasteiger partial charge in [-0.3, -0.25) is 9.69 Å². The van der Waals surface area contributed by atoms with Crippen LogP contribution in [0.3, 0.4) is 0 Å². The lowest BCUT2D eigenvalue weighted by molar-refractivity contribution is -0.274. The van der Waals surface area contributed by atoms with Crippen LogP contribution in [0.1, 0.15) is 0 Å². The number of hydrogen-bond donors (Lipinski definition) is 2. The third-order valence-corrected chi connectivity index (χ3v) is 4.89. The van der Waals surface area contributed by atoms with E-state index in [1.165, 1.54) is 18.2 Å². The number of amides is 2. The Morgan fingerprint density at radius 2 is 1.85 bits per heavy atom. The van der Waals surface area contributed by atoms with E-state index < -0.39 is 25.0 Å². The molecule has 3 N–H and O–H groups in total. The SMILES string of the molecule is NC(=O)COC(=O)NCCN1CCN(c2ccc(-c3cccc(OC(F)(F)F)c3)cn2)CC1. The zero-order valence-corrected chi connectivity index (χ0v) is 17.7. The Morgan fingerprint density at radius 1 is 1.09 bits per heavy atom. The molecular weight excluding hydrogens is 443 g/mol. The summed E-state index contributed by atoms with van der Waals surface area (Å²) in [5, 5.41) is 2.56. The first-order chi connectivity index (χ1) is 15.7. The molecule has 3 rings (SSSR count). The van der Waals surface area contributed by atoms with Crippen molar-refractivity contribution in [1.82, 2.24) is 15.2 Å². The quantitative estimate of drug-likeness (QED) is 0.611. The van der Waals surface area contributed by atoms with Crippen molar-refractivity contribution in [3.8, 4) is 16.9 Å². The van der Waals surface area contributed by atoms with Gasteiger partial charge in [-0.25, -0.2) is 9.78 Å². The minimum Gasteiger partial charge on any atom is -0.439 e. The fraction of sp³-hybridized carbons (Fsp3) is 0.381. The van der Waals surface area contributed by atoms with Gasteiger partial charge in [0, 0.05) is 51.0 Å². The molecule has 0 unspecified atom stereocenters. The van der Waals surface area contributed by atoms with Crippen LogP contribution in [0.2, 0.25) is 0 Å². The summed E-state index contributed by atoms with van der Waals surface area (Å²) in [7, 11) is 0. The third kappa shape index (κ3) is 7.83. The van der Waals surface area contributed by atoms with Gasteiger partial charge in [0.15, 0.2) is 6.61 Å². The molecule has 2 heterocycles. The highest BCUT2D eigenvalue weighted by Gasteiger charge is 2.31. The zero-order chi connectivity index (χ0) is 23.8. The number of primary amides is 1. The van der Waals surface area contributed by atoms with E-state index in [2.05, 4.69) is 29.6 Å². The molecule has 1 saturated heterocycles. The smallest absolute Gasteiger partial charge is 0.439 e. The molecule has 2 amide bonds. The molecule has 1 aromatic heterocycles. The number of carbonyl (C=O) groups is 2. The van der Waals surface area contributed by atoms with E-state index in [9.17, 15) is 22.8 Å². The lowest BCUT2D eigenvalue weighted by Crippen LogP contribution is -2.48. The summed E-state index contributed by atoms with van der Waals surface area (Å²) < 4.78 is 45.9. The van der Waals surface area contributed by atoms with Gasteiger partial charge in [0.05, 0.1) is 0 Å². The van der Waals surface area contributed by atoms with Crippen molar-refractivity contribution in [2.24, 2.45) is 5.73 Å².